The number of amides is 1. The zero-order chi connectivity index (χ0) is 22.1. The summed E-state index contributed by atoms with van der Waals surface area (Å²) < 4.78 is 37.8. The van der Waals surface area contributed by atoms with Crippen molar-refractivity contribution in [3.05, 3.63) is 46.6 Å². The number of nitrogens with one attached hydrogen (secondary N) is 1. The average Bonchev–Trinajstić information content (AvgIpc) is 2.69. The summed E-state index contributed by atoms with van der Waals surface area (Å²) in [6.07, 6.45) is 3.43. The minimum Gasteiger partial charge on any atom is -0.495 e. The van der Waals surface area contributed by atoms with Gasteiger partial charge in [-0.2, -0.15) is 0 Å². The zero-order valence-corrected chi connectivity index (χ0v) is 18.1. The van der Waals surface area contributed by atoms with Crippen LogP contribution < -0.4 is 10.1 Å². The van der Waals surface area contributed by atoms with Gasteiger partial charge in [0.2, 0.25) is 0 Å². The first-order valence-corrected chi connectivity index (χ1v) is 10.9. The van der Waals surface area contributed by atoms with Crippen LogP contribution in [-0.4, -0.2) is 56.5 Å². The first-order chi connectivity index (χ1) is 14.1. The van der Waals surface area contributed by atoms with E-state index < -0.39 is 28.0 Å². The van der Waals surface area contributed by atoms with E-state index in [1.807, 2.05) is 0 Å². The highest BCUT2D eigenvalue weighted by molar-refractivity contribution is 7.90. The SMILES string of the molecule is COc1cc(Cl)c(C)cc1NC(=O)[C@@H](C)OC(=O)C1=CC=CN2CCS(=O)(=O)N=C12. The van der Waals surface area contributed by atoms with E-state index >= 15 is 0 Å². The molecule has 1 N–H and O–H groups in total. The summed E-state index contributed by atoms with van der Waals surface area (Å²) in [5.41, 5.74) is 1.06. The molecule has 1 amide bonds. The Labute approximate surface area is 179 Å². The van der Waals surface area contributed by atoms with E-state index in [9.17, 15) is 18.0 Å². The van der Waals surface area contributed by atoms with Crippen molar-refractivity contribution in [3.63, 3.8) is 0 Å². The number of carbonyl (C=O) groups excluding carboxylic acids is 2. The number of esters is 1. The molecular weight excluding hydrogens is 434 g/mol. The summed E-state index contributed by atoms with van der Waals surface area (Å²) in [4.78, 5) is 26.7. The number of hydrogen-bond donors (Lipinski definition) is 1. The van der Waals surface area contributed by atoms with Crippen molar-refractivity contribution in [2.45, 2.75) is 20.0 Å². The minimum atomic E-state index is -3.66. The lowest BCUT2D eigenvalue weighted by atomic mass is 10.1. The Morgan fingerprint density at radius 1 is 1.33 bits per heavy atom. The Kier molecular flexibility index (Phi) is 6.18. The second kappa shape index (κ2) is 8.49. The Bertz CT molecular complexity index is 1090. The molecule has 0 saturated carbocycles. The Balaban J connectivity index is 1.74. The first-order valence-electron chi connectivity index (χ1n) is 8.95. The molecule has 1 atom stereocenters. The largest absolute Gasteiger partial charge is 0.495 e. The number of methoxy groups -OCH3 is 1. The van der Waals surface area contributed by atoms with Gasteiger partial charge in [-0.25, -0.2) is 13.2 Å². The number of aryl methyl sites for hydroxylation is 1. The van der Waals surface area contributed by atoms with Gasteiger partial charge in [0, 0.05) is 23.8 Å². The maximum atomic E-state index is 12.6. The Morgan fingerprint density at radius 2 is 2.07 bits per heavy atom. The number of fused-ring (bicyclic) bond motifs is 1. The van der Waals surface area contributed by atoms with Crippen molar-refractivity contribution >= 4 is 45.0 Å². The van der Waals surface area contributed by atoms with Crippen LogP contribution in [0.15, 0.2) is 40.5 Å². The van der Waals surface area contributed by atoms with Crippen molar-refractivity contribution in [2.24, 2.45) is 4.40 Å². The summed E-state index contributed by atoms with van der Waals surface area (Å²) in [5.74, 6) is -1.26. The van der Waals surface area contributed by atoms with E-state index in [1.165, 1.54) is 20.1 Å². The third-order valence-corrected chi connectivity index (χ3v) is 6.03. The smallest absolute Gasteiger partial charge is 0.342 e. The van der Waals surface area contributed by atoms with Gasteiger partial charge in [0.05, 0.1) is 18.6 Å². The van der Waals surface area contributed by atoms with E-state index in [-0.39, 0.29) is 23.7 Å². The van der Waals surface area contributed by atoms with Gasteiger partial charge in [-0.05, 0) is 37.6 Å². The fourth-order valence-corrected chi connectivity index (χ4v) is 3.96. The summed E-state index contributed by atoms with van der Waals surface area (Å²) in [5, 5.41) is 3.12. The summed E-state index contributed by atoms with van der Waals surface area (Å²) >= 11 is 6.06. The molecule has 0 aromatic heterocycles. The molecule has 11 heteroatoms. The second-order valence-electron chi connectivity index (χ2n) is 6.65. The number of benzene rings is 1. The molecule has 2 aliphatic heterocycles. The lowest BCUT2D eigenvalue weighted by Crippen LogP contribution is -2.41. The number of sulfonamides is 1. The number of carbonyl (C=O) groups is 2. The van der Waals surface area contributed by atoms with E-state index in [2.05, 4.69) is 9.71 Å². The average molecular weight is 454 g/mol. The van der Waals surface area contributed by atoms with Crippen LogP contribution >= 0.6 is 11.6 Å². The third-order valence-electron chi connectivity index (χ3n) is 4.47. The summed E-state index contributed by atoms with van der Waals surface area (Å²) in [6, 6.07) is 3.21. The second-order valence-corrected chi connectivity index (χ2v) is 8.82. The highest BCUT2D eigenvalue weighted by Gasteiger charge is 2.32. The Morgan fingerprint density at radius 3 is 2.77 bits per heavy atom. The maximum absolute atomic E-state index is 12.6. The van der Waals surface area contributed by atoms with Gasteiger partial charge < -0.3 is 19.7 Å². The lowest BCUT2D eigenvalue weighted by Gasteiger charge is -2.28. The van der Waals surface area contributed by atoms with Crippen molar-refractivity contribution in [2.75, 3.05) is 24.7 Å². The quantitative estimate of drug-likeness (QED) is 0.678. The number of allylic oxidation sites excluding steroid dienone is 2. The van der Waals surface area contributed by atoms with Crippen molar-refractivity contribution < 1.29 is 27.5 Å². The molecule has 3 rings (SSSR count). The van der Waals surface area contributed by atoms with Gasteiger partial charge in [0.1, 0.15) is 11.3 Å². The zero-order valence-electron chi connectivity index (χ0n) is 16.5. The van der Waals surface area contributed by atoms with Crippen LogP contribution in [0.3, 0.4) is 0 Å². The molecule has 1 aromatic rings. The predicted octanol–water partition coefficient (Wildman–Crippen LogP) is 2.02. The van der Waals surface area contributed by atoms with E-state index in [1.54, 1.807) is 36.2 Å². The van der Waals surface area contributed by atoms with E-state index in [4.69, 9.17) is 21.1 Å². The summed E-state index contributed by atoms with van der Waals surface area (Å²) in [7, 11) is -2.22. The molecule has 0 fully saturated rings. The first kappa shape index (κ1) is 21.8. The molecule has 0 unspecified atom stereocenters. The van der Waals surface area contributed by atoms with Crippen LogP contribution in [0.5, 0.6) is 5.75 Å². The monoisotopic (exact) mass is 453 g/mol. The lowest BCUT2D eigenvalue weighted by molar-refractivity contribution is -0.148. The molecule has 9 nitrogen and oxygen atoms in total. The number of hydrogen-bond acceptors (Lipinski definition) is 7. The molecule has 160 valence electrons. The van der Waals surface area contributed by atoms with Crippen LogP contribution in [0, 0.1) is 6.92 Å². The van der Waals surface area contributed by atoms with Gasteiger partial charge in [0.15, 0.2) is 11.9 Å². The number of halogens is 1. The molecule has 0 aliphatic carbocycles. The number of nitrogens with zero attached hydrogens (tertiary/aromatic N) is 2. The number of anilines is 1. The summed E-state index contributed by atoms with van der Waals surface area (Å²) in [6.45, 7) is 3.35. The van der Waals surface area contributed by atoms with Gasteiger partial charge >= 0.3 is 5.97 Å². The molecule has 0 saturated heterocycles. The standard InChI is InChI=1S/C19H20ClN3O6S/c1-11-9-15(16(28-3)10-14(11)20)21-18(24)12(2)29-19(25)13-5-4-6-23-7-8-30(26,27)22-17(13)23/h4-6,9-10,12H,7-8H2,1-3H3,(H,21,24)/t12-/m1/s1. The third kappa shape index (κ3) is 4.65. The van der Waals surface area contributed by atoms with Crippen molar-refractivity contribution in [3.8, 4) is 5.75 Å². The van der Waals surface area contributed by atoms with Gasteiger partial charge in [0.25, 0.3) is 15.9 Å². The highest BCUT2D eigenvalue weighted by atomic mass is 35.5. The molecule has 0 radical (unpaired) electrons. The fraction of sp³-hybridized carbons (Fsp3) is 0.316. The topological polar surface area (TPSA) is 114 Å². The Hall–Kier alpha value is -2.85. The van der Waals surface area contributed by atoms with Crippen LogP contribution in [0.25, 0.3) is 0 Å². The molecule has 2 aliphatic rings. The maximum Gasteiger partial charge on any atom is 0.342 e. The van der Waals surface area contributed by atoms with Gasteiger partial charge in [-0.3, -0.25) is 4.79 Å². The van der Waals surface area contributed by atoms with E-state index in [0.29, 0.717) is 16.5 Å². The number of rotatable bonds is 5. The molecule has 2 heterocycles. The van der Waals surface area contributed by atoms with Crippen LogP contribution in [-0.2, 0) is 24.3 Å². The molecule has 1 aromatic carbocycles. The molecule has 30 heavy (non-hydrogen) atoms. The van der Waals surface area contributed by atoms with Crippen molar-refractivity contribution in [1.82, 2.24) is 4.90 Å². The fourth-order valence-electron chi connectivity index (χ4n) is 2.82. The normalized spacial score (nSPS) is 17.9. The van der Waals surface area contributed by atoms with Gasteiger partial charge in [-0.1, -0.05) is 11.6 Å². The van der Waals surface area contributed by atoms with Gasteiger partial charge in [-0.15, -0.1) is 4.40 Å². The molecule has 0 bridgehead atoms. The predicted molar refractivity (Wildman–Crippen MR) is 112 cm³/mol. The number of amidine groups is 1. The van der Waals surface area contributed by atoms with Crippen molar-refractivity contribution in [1.29, 1.82) is 0 Å². The molecular formula is C19H20ClN3O6S. The molecule has 0 spiro atoms. The highest BCUT2D eigenvalue weighted by Crippen LogP contribution is 2.31. The van der Waals surface area contributed by atoms with Crippen LogP contribution in [0.2, 0.25) is 5.02 Å². The van der Waals surface area contributed by atoms with Crippen LogP contribution in [0.4, 0.5) is 5.69 Å². The van der Waals surface area contributed by atoms with E-state index in [0.717, 1.165) is 5.56 Å². The number of ether oxygens (including phenoxy) is 2. The van der Waals surface area contributed by atoms with Crippen LogP contribution in [0.1, 0.15) is 12.5 Å². The minimum absolute atomic E-state index is 0.0173.